The molecule has 29 heavy (non-hydrogen) atoms. The van der Waals surface area contributed by atoms with Crippen LogP contribution in [0.3, 0.4) is 0 Å². The predicted octanol–water partition coefficient (Wildman–Crippen LogP) is 2.48. The molecule has 0 spiro atoms. The van der Waals surface area contributed by atoms with Crippen LogP contribution in [0.25, 0.3) is 6.08 Å². The highest BCUT2D eigenvalue weighted by Gasteiger charge is 2.33. The number of hydrogen-bond donors (Lipinski definition) is 0. The quantitative estimate of drug-likeness (QED) is 0.601. The number of nitrogens with zero attached hydrogens (tertiary/aromatic N) is 2. The van der Waals surface area contributed by atoms with Crippen LogP contribution in [-0.4, -0.2) is 24.8 Å². The van der Waals surface area contributed by atoms with Crippen molar-refractivity contribution in [2.24, 2.45) is 4.99 Å². The first-order valence-corrected chi connectivity index (χ1v) is 10.5. The van der Waals surface area contributed by atoms with Crippen LogP contribution in [0.5, 0.6) is 5.75 Å². The van der Waals surface area contributed by atoms with Gasteiger partial charge in [0.2, 0.25) is 0 Å². The minimum absolute atomic E-state index is 0.191. The Kier molecular flexibility index (Phi) is 5.21. The molecule has 6 nitrogen and oxygen atoms in total. The van der Waals surface area contributed by atoms with Crippen LogP contribution in [0, 0.1) is 0 Å². The van der Waals surface area contributed by atoms with Gasteiger partial charge in [-0.05, 0) is 42.1 Å². The summed E-state index contributed by atoms with van der Waals surface area (Å²) < 4.78 is 12.4. The van der Waals surface area contributed by atoms with E-state index in [1.165, 1.54) is 29.8 Å². The van der Waals surface area contributed by atoms with Crippen LogP contribution in [0.15, 0.2) is 62.8 Å². The molecule has 3 heterocycles. The highest BCUT2D eigenvalue weighted by molar-refractivity contribution is 7.10. The number of thiophene rings is 1. The first-order chi connectivity index (χ1) is 14.0. The lowest BCUT2D eigenvalue weighted by Gasteiger charge is -2.22. The van der Waals surface area contributed by atoms with Crippen molar-refractivity contribution in [1.82, 2.24) is 4.57 Å². The van der Waals surface area contributed by atoms with E-state index in [4.69, 9.17) is 9.47 Å². The molecule has 0 aliphatic carbocycles. The first-order valence-electron chi connectivity index (χ1n) is 8.82. The minimum atomic E-state index is -0.550. The number of hydrogen-bond acceptors (Lipinski definition) is 7. The van der Waals surface area contributed by atoms with E-state index in [9.17, 15) is 9.59 Å². The van der Waals surface area contributed by atoms with Crippen molar-refractivity contribution in [2.45, 2.75) is 13.0 Å². The van der Waals surface area contributed by atoms with E-state index in [1.54, 1.807) is 18.6 Å². The predicted molar refractivity (Wildman–Crippen MR) is 113 cm³/mol. The SMILES string of the molecule is COC(=O)C1=C(C)N=c2s/c(=C/c3cccc(OC)c3)c(=O)n2C1c1cccs1. The number of methoxy groups -OCH3 is 2. The highest BCUT2D eigenvalue weighted by atomic mass is 32.1. The summed E-state index contributed by atoms with van der Waals surface area (Å²) in [6.07, 6.45) is 1.81. The third kappa shape index (κ3) is 3.45. The fraction of sp³-hybridized carbons (Fsp3) is 0.190. The molecular formula is C21H18N2O4S2. The molecule has 148 valence electrons. The molecule has 1 aliphatic rings. The number of benzene rings is 1. The van der Waals surface area contributed by atoms with Gasteiger partial charge in [0, 0.05) is 4.88 Å². The molecule has 0 N–H and O–H groups in total. The molecule has 3 aromatic rings. The van der Waals surface area contributed by atoms with Crippen molar-refractivity contribution in [1.29, 1.82) is 0 Å². The second kappa shape index (κ2) is 7.81. The Bertz CT molecular complexity index is 1280. The Hall–Kier alpha value is -2.97. The molecule has 0 bridgehead atoms. The number of carbonyl (C=O) groups is 1. The van der Waals surface area contributed by atoms with Gasteiger partial charge in [0.1, 0.15) is 11.8 Å². The normalized spacial score (nSPS) is 16.4. The topological polar surface area (TPSA) is 69.9 Å². The summed E-state index contributed by atoms with van der Waals surface area (Å²) in [5.74, 6) is 0.235. The van der Waals surface area contributed by atoms with Crippen LogP contribution in [0.2, 0.25) is 0 Å². The maximum atomic E-state index is 13.3. The van der Waals surface area contributed by atoms with Crippen molar-refractivity contribution < 1.29 is 14.3 Å². The van der Waals surface area contributed by atoms with E-state index in [0.29, 0.717) is 26.4 Å². The van der Waals surface area contributed by atoms with Gasteiger partial charge in [0.15, 0.2) is 4.80 Å². The molecule has 8 heteroatoms. The van der Waals surface area contributed by atoms with Crippen molar-refractivity contribution in [3.8, 4) is 5.75 Å². The van der Waals surface area contributed by atoms with E-state index in [2.05, 4.69) is 4.99 Å². The maximum absolute atomic E-state index is 13.3. The van der Waals surface area contributed by atoms with Gasteiger partial charge in [-0.25, -0.2) is 9.79 Å². The molecule has 0 radical (unpaired) electrons. The number of thiazole rings is 1. The summed E-state index contributed by atoms with van der Waals surface area (Å²) in [7, 11) is 2.94. The largest absolute Gasteiger partial charge is 0.497 e. The van der Waals surface area contributed by atoms with E-state index in [1.807, 2.05) is 47.9 Å². The Morgan fingerprint density at radius 2 is 2.07 bits per heavy atom. The average Bonchev–Trinajstić information content (AvgIpc) is 3.35. The number of rotatable bonds is 4. The average molecular weight is 427 g/mol. The monoisotopic (exact) mass is 426 g/mol. The second-order valence-corrected chi connectivity index (χ2v) is 8.35. The maximum Gasteiger partial charge on any atom is 0.338 e. The summed E-state index contributed by atoms with van der Waals surface area (Å²) in [5, 5.41) is 1.92. The van der Waals surface area contributed by atoms with Crippen LogP contribution in [-0.2, 0) is 9.53 Å². The van der Waals surface area contributed by atoms with Gasteiger partial charge in [-0.2, -0.15) is 0 Å². The molecular weight excluding hydrogens is 408 g/mol. The number of ether oxygens (including phenoxy) is 2. The molecule has 4 rings (SSSR count). The first kappa shape index (κ1) is 19.4. The number of fused-ring (bicyclic) bond motifs is 1. The fourth-order valence-corrected chi connectivity index (χ4v) is 5.16. The number of esters is 1. The molecule has 1 unspecified atom stereocenters. The van der Waals surface area contributed by atoms with Crippen LogP contribution >= 0.6 is 22.7 Å². The van der Waals surface area contributed by atoms with E-state index in [0.717, 1.165) is 10.4 Å². The molecule has 1 atom stereocenters. The number of allylic oxidation sites excluding steroid dienone is 1. The molecule has 0 saturated carbocycles. The van der Waals surface area contributed by atoms with Gasteiger partial charge in [-0.3, -0.25) is 9.36 Å². The van der Waals surface area contributed by atoms with Gasteiger partial charge >= 0.3 is 5.97 Å². The molecule has 2 aromatic heterocycles. The Balaban J connectivity index is 1.95. The van der Waals surface area contributed by atoms with E-state index in [-0.39, 0.29) is 5.56 Å². The summed E-state index contributed by atoms with van der Waals surface area (Å²) in [6, 6.07) is 10.7. The second-order valence-electron chi connectivity index (χ2n) is 6.37. The Morgan fingerprint density at radius 1 is 1.24 bits per heavy atom. The van der Waals surface area contributed by atoms with Crippen LogP contribution in [0.1, 0.15) is 23.4 Å². The van der Waals surface area contributed by atoms with Crippen molar-refractivity contribution in [3.63, 3.8) is 0 Å². The lowest BCUT2D eigenvalue weighted by molar-refractivity contribution is -0.136. The molecule has 0 saturated heterocycles. The van der Waals surface area contributed by atoms with Crippen LogP contribution in [0.4, 0.5) is 0 Å². The smallest absolute Gasteiger partial charge is 0.338 e. The molecule has 0 amide bonds. The molecule has 0 fully saturated rings. The van der Waals surface area contributed by atoms with Gasteiger partial charge in [0.05, 0.1) is 30.0 Å². The van der Waals surface area contributed by atoms with Crippen molar-refractivity contribution in [2.75, 3.05) is 14.2 Å². The summed E-state index contributed by atoms with van der Waals surface area (Å²) in [5.41, 5.74) is 1.61. The zero-order valence-corrected chi connectivity index (χ0v) is 17.7. The highest BCUT2D eigenvalue weighted by Crippen LogP contribution is 2.32. The van der Waals surface area contributed by atoms with Crippen molar-refractivity contribution in [3.05, 3.63) is 83.2 Å². The van der Waals surface area contributed by atoms with Gasteiger partial charge in [-0.15, -0.1) is 11.3 Å². The standard InChI is InChI=1S/C21H18N2O4S2/c1-12-17(20(25)27-3)18(15-8-5-9-28-15)23-19(24)16(29-21(23)22-12)11-13-6-4-7-14(10-13)26-2/h4-11,18H,1-3H3/b16-11+. The van der Waals surface area contributed by atoms with E-state index < -0.39 is 12.0 Å². The third-order valence-electron chi connectivity index (χ3n) is 4.63. The van der Waals surface area contributed by atoms with Crippen LogP contribution < -0.4 is 19.6 Å². The van der Waals surface area contributed by atoms with Gasteiger partial charge < -0.3 is 9.47 Å². The Morgan fingerprint density at radius 3 is 2.76 bits per heavy atom. The number of carbonyl (C=O) groups excluding carboxylic acids is 1. The summed E-state index contributed by atoms with van der Waals surface area (Å²) >= 11 is 2.79. The van der Waals surface area contributed by atoms with Gasteiger partial charge in [-0.1, -0.05) is 29.5 Å². The number of aromatic nitrogens is 1. The fourth-order valence-electron chi connectivity index (χ4n) is 3.29. The summed E-state index contributed by atoms with van der Waals surface area (Å²) in [4.78, 5) is 31.8. The minimum Gasteiger partial charge on any atom is -0.497 e. The summed E-state index contributed by atoms with van der Waals surface area (Å²) in [6.45, 7) is 1.77. The molecule has 1 aliphatic heterocycles. The zero-order chi connectivity index (χ0) is 20.5. The Labute approximate surface area is 174 Å². The van der Waals surface area contributed by atoms with Gasteiger partial charge in [0.25, 0.3) is 5.56 Å². The third-order valence-corrected chi connectivity index (χ3v) is 6.54. The van der Waals surface area contributed by atoms with Crippen molar-refractivity contribution >= 4 is 34.7 Å². The van der Waals surface area contributed by atoms with E-state index >= 15 is 0 Å². The lowest BCUT2D eigenvalue weighted by Crippen LogP contribution is -2.39. The molecule has 1 aromatic carbocycles. The zero-order valence-electron chi connectivity index (χ0n) is 16.0. The lowest BCUT2D eigenvalue weighted by atomic mass is 10.0.